The van der Waals surface area contributed by atoms with Crippen LogP contribution in [0, 0.1) is 6.92 Å². The van der Waals surface area contributed by atoms with E-state index in [0.717, 1.165) is 17.0 Å². The van der Waals surface area contributed by atoms with Crippen LogP contribution in [0.4, 0.5) is 13.2 Å². The van der Waals surface area contributed by atoms with Gasteiger partial charge in [-0.05, 0) is 67.8 Å². The van der Waals surface area contributed by atoms with Gasteiger partial charge >= 0.3 is 6.36 Å². The number of aryl methyl sites for hydroxylation is 2. The predicted molar refractivity (Wildman–Crippen MR) is 111 cm³/mol. The van der Waals surface area contributed by atoms with Crippen molar-refractivity contribution in [3.8, 4) is 28.7 Å². The van der Waals surface area contributed by atoms with Crippen molar-refractivity contribution < 1.29 is 27.5 Å². The van der Waals surface area contributed by atoms with Crippen LogP contribution in [0.25, 0.3) is 23.0 Å². The fourth-order valence-electron chi connectivity index (χ4n) is 3.22. The van der Waals surface area contributed by atoms with Crippen molar-refractivity contribution in [3.05, 3.63) is 65.6 Å². The van der Waals surface area contributed by atoms with Crippen molar-refractivity contribution in [2.75, 3.05) is 6.61 Å². The second kappa shape index (κ2) is 9.41. The van der Waals surface area contributed by atoms with Crippen molar-refractivity contribution in [1.29, 1.82) is 0 Å². The number of pyridine rings is 1. The zero-order valence-corrected chi connectivity index (χ0v) is 17.6. The molecule has 0 spiro atoms. The molecule has 0 aliphatic heterocycles. The molecule has 3 heterocycles. The molecule has 0 atom stereocenters. The lowest BCUT2D eigenvalue weighted by Gasteiger charge is -2.08. The number of ether oxygens (including phenoxy) is 1. The molecule has 0 aliphatic carbocycles. The maximum absolute atomic E-state index is 12.3. The summed E-state index contributed by atoms with van der Waals surface area (Å²) < 4.78 is 47.9. The molecule has 11 heteroatoms. The molecule has 0 unspecified atom stereocenters. The molecule has 33 heavy (non-hydrogen) atoms. The zero-order valence-electron chi connectivity index (χ0n) is 17.6. The van der Waals surface area contributed by atoms with E-state index in [4.69, 9.17) is 9.63 Å². The molecule has 4 rings (SSSR count). The van der Waals surface area contributed by atoms with Gasteiger partial charge in [-0.25, -0.2) is 0 Å². The minimum atomic E-state index is -4.76. The smallest absolute Gasteiger partial charge is 0.406 e. The van der Waals surface area contributed by atoms with E-state index in [1.165, 1.54) is 24.3 Å². The molecule has 0 radical (unpaired) electrons. The number of benzene rings is 1. The quantitative estimate of drug-likeness (QED) is 0.422. The molecular weight excluding hydrogens is 439 g/mol. The van der Waals surface area contributed by atoms with Gasteiger partial charge in [-0.15, -0.1) is 13.2 Å². The number of nitrogens with zero attached hydrogens (tertiary/aromatic N) is 5. The van der Waals surface area contributed by atoms with E-state index in [0.29, 0.717) is 30.6 Å². The first kappa shape index (κ1) is 22.5. The second-order valence-corrected chi connectivity index (χ2v) is 7.31. The molecule has 8 nitrogen and oxygen atoms in total. The van der Waals surface area contributed by atoms with Gasteiger partial charge in [0, 0.05) is 29.8 Å². The first-order chi connectivity index (χ1) is 15.8. The van der Waals surface area contributed by atoms with Gasteiger partial charge in [0.25, 0.3) is 5.89 Å². The number of hydrogen-bond acceptors (Lipinski definition) is 7. The summed E-state index contributed by atoms with van der Waals surface area (Å²) in [5.74, 6) is 0.0826. The number of halogens is 3. The highest BCUT2D eigenvalue weighted by Gasteiger charge is 2.31. The number of aliphatic hydroxyl groups is 1. The van der Waals surface area contributed by atoms with Crippen molar-refractivity contribution in [2.45, 2.75) is 32.7 Å². The number of hydrogen-bond donors (Lipinski definition) is 1. The van der Waals surface area contributed by atoms with Crippen molar-refractivity contribution in [2.24, 2.45) is 0 Å². The van der Waals surface area contributed by atoms with Gasteiger partial charge < -0.3 is 14.4 Å². The number of rotatable bonds is 8. The van der Waals surface area contributed by atoms with E-state index in [-0.39, 0.29) is 24.1 Å². The first-order valence-corrected chi connectivity index (χ1v) is 10.1. The van der Waals surface area contributed by atoms with Gasteiger partial charge in [0.15, 0.2) is 5.69 Å². The molecule has 172 valence electrons. The Morgan fingerprint density at radius 1 is 1.12 bits per heavy atom. The Kier molecular flexibility index (Phi) is 6.40. The van der Waals surface area contributed by atoms with Gasteiger partial charge in [-0.1, -0.05) is 5.16 Å². The van der Waals surface area contributed by atoms with Gasteiger partial charge in [-0.2, -0.15) is 10.1 Å². The fourth-order valence-corrected chi connectivity index (χ4v) is 3.22. The highest BCUT2D eigenvalue weighted by Crippen LogP contribution is 2.27. The summed E-state index contributed by atoms with van der Waals surface area (Å²) in [6.45, 7) is 2.54. The SMILES string of the molecule is Cc1cc(-c2nc(-c3ccc(OC(F)(F)F)cc3)no2)nn1Cc1ccnc(CCCO)c1. The van der Waals surface area contributed by atoms with Gasteiger partial charge in [0.2, 0.25) is 5.82 Å². The normalized spacial score (nSPS) is 11.7. The van der Waals surface area contributed by atoms with Crippen LogP contribution in [-0.2, 0) is 13.0 Å². The third kappa shape index (κ3) is 5.75. The maximum Gasteiger partial charge on any atom is 0.573 e. The van der Waals surface area contributed by atoms with Crippen LogP contribution < -0.4 is 4.74 Å². The average Bonchev–Trinajstić information content (AvgIpc) is 3.39. The first-order valence-electron chi connectivity index (χ1n) is 10.1. The predicted octanol–water partition coefficient (Wildman–Crippen LogP) is 4.18. The number of aliphatic hydroxyl groups excluding tert-OH is 1. The molecule has 0 saturated heterocycles. The molecule has 3 aromatic heterocycles. The van der Waals surface area contributed by atoms with Crippen LogP contribution in [0.3, 0.4) is 0 Å². The average molecular weight is 459 g/mol. The monoisotopic (exact) mass is 459 g/mol. The van der Waals surface area contributed by atoms with Crippen LogP contribution in [0.1, 0.15) is 23.4 Å². The Bertz CT molecular complexity index is 1220. The molecule has 0 amide bonds. The lowest BCUT2D eigenvalue weighted by Crippen LogP contribution is -2.16. The third-order valence-corrected chi connectivity index (χ3v) is 4.78. The van der Waals surface area contributed by atoms with Gasteiger partial charge in [-0.3, -0.25) is 9.67 Å². The second-order valence-electron chi connectivity index (χ2n) is 7.31. The summed E-state index contributed by atoms with van der Waals surface area (Å²) in [6.07, 6.45) is -1.67. The van der Waals surface area contributed by atoms with E-state index in [2.05, 4.69) is 25.0 Å². The van der Waals surface area contributed by atoms with Crippen molar-refractivity contribution in [3.63, 3.8) is 0 Å². The van der Waals surface area contributed by atoms with Gasteiger partial charge in [0.1, 0.15) is 5.75 Å². The molecule has 4 aromatic rings. The summed E-state index contributed by atoms with van der Waals surface area (Å²) in [7, 11) is 0. The molecule has 1 N–H and O–H groups in total. The molecule has 1 aromatic carbocycles. The summed E-state index contributed by atoms with van der Waals surface area (Å²) >= 11 is 0. The van der Waals surface area contributed by atoms with E-state index in [1.807, 2.05) is 25.1 Å². The van der Waals surface area contributed by atoms with Crippen LogP contribution in [0.15, 0.2) is 53.2 Å². The van der Waals surface area contributed by atoms with E-state index >= 15 is 0 Å². The Morgan fingerprint density at radius 2 is 1.91 bits per heavy atom. The van der Waals surface area contributed by atoms with Crippen molar-refractivity contribution >= 4 is 0 Å². The molecule has 0 bridgehead atoms. The van der Waals surface area contributed by atoms with Crippen LogP contribution in [-0.4, -0.2) is 43.0 Å². The molecule has 0 aliphatic rings. The summed E-state index contributed by atoms with van der Waals surface area (Å²) in [6, 6.07) is 10.9. The van der Waals surface area contributed by atoms with E-state index < -0.39 is 6.36 Å². The topological polar surface area (TPSA) is 99.1 Å². The molecule has 0 saturated carbocycles. The molecular formula is C22H20F3N5O3. The summed E-state index contributed by atoms with van der Waals surface area (Å²) in [5, 5.41) is 17.4. The minimum Gasteiger partial charge on any atom is -0.406 e. The zero-order chi connectivity index (χ0) is 23.4. The Hall–Kier alpha value is -3.73. The standard InChI is InChI=1S/C22H20F3N5O3/c1-14-11-19(28-30(14)13-15-8-9-26-17(12-15)3-2-10-31)21-27-20(29-33-21)16-4-6-18(7-5-16)32-22(23,24)25/h4-9,11-12,31H,2-3,10,13H2,1H3. The Morgan fingerprint density at radius 3 is 2.64 bits per heavy atom. The number of aromatic nitrogens is 5. The Labute approximate surface area is 186 Å². The van der Waals surface area contributed by atoms with E-state index in [1.54, 1.807) is 10.9 Å². The van der Waals surface area contributed by atoms with Crippen LogP contribution in [0.2, 0.25) is 0 Å². The van der Waals surface area contributed by atoms with Crippen LogP contribution >= 0.6 is 0 Å². The van der Waals surface area contributed by atoms with Gasteiger partial charge in [0.05, 0.1) is 6.54 Å². The summed E-state index contributed by atoms with van der Waals surface area (Å²) in [4.78, 5) is 8.62. The lowest BCUT2D eigenvalue weighted by atomic mass is 10.1. The Balaban J connectivity index is 1.49. The third-order valence-electron chi connectivity index (χ3n) is 4.78. The van der Waals surface area contributed by atoms with Crippen molar-refractivity contribution in [1.82, 2.24) is 24.9 Å². The number of alkyl halides is 3. The highest BCUT2D eigenvalue weighted by molar-refractivity contribution is 5.58. The van der Waals surface area contributed by atoms with Crippen LogP contribution in [0.5, 0.6) is 5.75 Å². The molecule has 0 fully saturated rings. The summed E-state index contributed by atoms with van der Waals surface area (Å²) in [5.41, 5.74) is 3.76. The fraction of sp³-hybridized carbons (Fsp3) is 0.273. The minimum absolute atomic E-state index is 0.116. The highest BCUT2D eigenvalue weighted by atomic mass is 19.4. The maximum atomic E-state index is 12.3. The van der Waals surface area contributed by atoms with E-state index in [9.17, 15) is 13.2 Å². The lowest BCUT2D eigenvalue weighted by molar-refractivity contribution is -0.274. The largest absolute Gasteiger partial charge is 0.573 e.